The molecule has 0 aromatic carbocycles. The third-order valence-corrected chi connectivity index (χ3v) is 6.42. The molecule has 128 valence electrons. The standard InChI is InChI=1S/C16H27N5OS/c1-12-18-13(2)21(19-12)10-14-5-4-8-20(9-14)15(22)17-11-16(23-3)6-7-16/h14H,4-11H2,1-3H3,(H,17,22)/t14-/m0/s1. The lowest BCUT2D eigenvalue weighted by Gasteiger charge is -2.33. The van der Waals surface area contributed by atoms with E-state index in [1.807, 2.05) is 35.2 Å². The minimum absolute atomic E-state index is 0.0986. The summed E-state index contributed by atoms with van der Waals surface area (Å²) in [7, 11) is 0. The normalized spacial score (nSPS) is 22.9. The van der Waals surface area contributed by atoms with E-state index in [2.05, 4.69) is 21.7 Å². The maximum Gasteiger partial charge on any atom is 0.317 e. The summed E-state index contributed by atoms with van der Waals surface area (Å²) in [5.74, 6) is 2.24. The molecule has 2 heterocycles. The van der Waals surface area contributed by atoms with Gasteiger partial charge in [0.25, 0.3) is 0 Å². The molecular weight excluding hydrogens is 310 g/mol. The number of aromatic nitrogens is 3. The van der Waals surface area contributed by atoms with Crippen LogP contribution in [0.2, 0.25) is 0 Å². The fourth-order valence-electron chi connectivity index (χ4n) is 3.32. The number of nitrogens with zero attached hydrogens (tertiary/aromatic N) is 4. The van der Waals surface area contributed by atoms with Crippen molar-refractivity contribution in [1.82, 2.24) is 25.0 Å². The van der Waals surface area contributed by atoms with Gasteiger partial charge in [0, 0.05) is 30.9 Å². The first kappa shape index (κ1) is 16.6. The zero-order valence-corrected chi connectivity index (χ0v) is 15.2. The summed E-state index contributed by atoms with van der Waals surface area (Å²) in [6, 6.07) is 0.0986. The van der Waals surface area contributed by atoms with E-state index in [0.717, 1.165) is 50.7 Å². The molecule has 7 heteroatoms. The van der Waals surface area contributed by atoms with Gasteiger partial charge in [-0.1, -0.05) is 0 Å². The number of hydrogen-bond donors (Lipinski definition) is 1. The highest BCUT2D eigenvalue weighted by Crippen LogP contribution is 2.46. The van der Waals surface area contributed by atoms with Crippen molar-refractivity contribution in [3.63, 3.8) is 0 Å². The lowest BCUT2D eigenvalue weighted by molar-refractivity contribution is 0.157. The van der Waals surface area contributed by atoms with Gasteiger partial charge in [0.05, 0.1) is 0 Å². The van der Waals surface area contributed by atoms with E-state index in [9.17, 15) is 4.79 Å². The Hall–Kier alpha value is -1.24. The predicted molar refractivity (Wildman–Crippen MR) is 92.7 cm³/mol. The highest BCUT2D eigenvalue weighted by molar-refractivity contribution is 8.00. The van der Waals surface area contributed by atoms with Crippen LogP contribution in [-0.2, 0) is 6.54 Å². The van der Waals surface area contributed by atoms with Gasteiger partial charge in [0.1, 0.15) is 11.6 Å². The lowest BCUT2D eigenvalue weighted by Crippen LogP contribution is -2.47. The molecule has 1 saturated carbocycles. The summed E-state index contributed by atoms with van der Waals surface area (Å²) < 4.78 is 2.30. The molecule has 2 fully saturated rings. The average Bonchev–Trinajstić information content (AvgIpc) is 3.26. The van der Waals surface area contributed by atoms with Crippen LogP contribution in [0.3, 0.4) is 0 Å². The predicted octanol–water partition coefficient (Wildman–Crippen LogP) is 2.21. The molecule has 1 aliphatic heterocycles. The number of piperidine rings is 1. The van der Waals surface area contributed by atoms with Crippen molar-refractivity contribution in [2.24, 2.45) is 5.92 Å². The largest absolute Gasteiger partial charge is 0.337 e. The zero-order chi connectivity index (χ0) is 16.4. The molecule has 0 unspecified atom stereocenters. The minimum atomic E-state index is 0.0986. The van der Waals surface area contributed by atoms with Crippen molar-refractivity contribution in [3.05, 3.63) is 11.6 Å². The van der Waals surface area contributed by atoms with Crippen molar-refractivity contribution in [2.45, 2.75) is 50.8 Å². The number of aryl methyl sites for hydroxylation is 2. The Bertz CT molecular complexity index is 569. The molecule has 3 rings (SSSR count). The van der Waals surface area contributed by atoms with Crippen LogP contribution >= 0.6 is 11.8 Å². The topological polar surface area (TPSA) is 63.1 Å². The molecule has 2 aliphatic rings. The Morgan fingerprint density at radius 2 is 2.22 bits per heavy atom. The number of urea groups is 1. The van der Waals surface area contributed by atoms with Crippen LogP contribution < -0.4 is 5.32 Å². The highest BCUT2D eigenvalue weighted by Gasteiger charge is 2.42. The van der Waals surface area contributed by atoms with Gasteiger partial charge in [-0.2, -0.15) is 16.9 Å². The molecule has 1 saturated heterocycles. The van der Waals surface area contributed by atoms with E-state index >= 15 is 0 Å². The van der Waals surface area contributed by atoms with Crippen LogP contribution in [0.25, 0.3) is 0 Å². The number of likely N-dealkylation sites (tertiary alicyclic amines) is 1. The van der Waals surface area contributed by atoms with Gasteiger partial charge < -0.3 is 10.2 Å². The lowest BCUT2D eigenvalue weighted by atomic mass is 9.98. The minimum Gasteiger partial charge on any atom is -0.337 e. The van der Waals surface area contributed by atoms with Crippen molar-refractivity contribution in [1.29, 1.82) is 0 Å². The first-order valence-electron chi connectivity index (χ1n) is 8.47. The van der Waals surface area contributed by atoms with Crippen LogP contribution in [0.15, 0.2) is 0 Å². The molecule has 0 radical (unpaired) electrons. The van der Waals surface area contributed by atoms with Crippen molar-refractivity contribution in [2.75, 3.05) is 25.9 Å². The van der Waals surface area contributed by atoms with E-state index in [-0.39, 0.29) is 6.03 Å². The Morgan fingerprint density at radius 3 is 2.83 bits per heavy atom. The van der Waals surface area contributed by atoms with Gasteiger partial charge in [-0.3, -0.25) is 0 Å². The fourth-order valence-corrected chi connectivity index (χ4v) is 4.05. The maximum absolute atomic E-state index is 12.4. The number of amides is 2. The molecule has 0 spiro atoms. The van der Waals surface area contributed by atoms with E-state index in [1.54, 1.807) is 0 Å². The van der Waals surface area contributed by atoms with Crippen LogP contribution in [-0.4, -0.2) is 56.3 Å². The average molecular weight is 337 g/mol. The number of carbonyl (C=O) groups excluding carboxylic acids is 1. The quantitative estimate of drug-likeness (QED) is 0.895. The van der Waals surface area contributed by atoms with Crippen molar-refractivity contribution < 1.29 is 4.79 Å². The Labute approximate surface area is 142 Å². The van der Waals surface area contributed by atoms with Gasteiger partial charge in [-0.25, -0.2) is 14.5 Å². The van der Waals surface area contributed by atoms with E-state index in [4.69, 9.17) is 0 Å². The Balaban J connectivity index is 1.51. The maximum atomic E-state index is 12.4. The van der Waals surface area contributed by atoms with Crippen molar-refractivity contribution >= 4 is 17.8 Å². The number of hydrogen-bond acceptors (Lipinski definition) is 4. The van der Waals surface area contributed by atoms with Gasteiger partial charge >= 0.3 is 6.03 Å². The van der Waals surface area contributed by atoms with Crippen molar-refractivity contribution in [3.8, 4) is 0 Å². The number of carbonyl (C=O) groups is 1. The Morgan fingerprint density at radius 1 is 1.43 bits per heavy atom. The molecule has 1 N–H and O–H groups in total. The summed E-state index contributed by atoms with van der Waals surface area (Å²) in [5.41, 5.74) is 0. The van der Waals surface area contributed by atoms with Gasteiger partial charge in [-0.15, -0.1) is 0 Å². The molecule has 23 heavy (non-hydrogen) atoms. The first-order valence-corrected chi connectivity index (χ1v) is 9.70. The summed E-state index contributed by atoms with van der Waals surface area (Å²) in [5, 5.41) is 7.58. The highest BCUT2D eigenvalue weighted by atomic mass is 32.2. The third-order valence-electron chi connectivity index (χ3n) is 5.00. The van der Waals surface area contributed by atoms with Gasteiger partial charge in [-0.05, 0) is 51.7 Å². The molecule has 2 amide bonds. The molecule has 1 atom stereocenters. The van der Waals surface area contributed by atoms with Crippen LogP contribution in [0.4, 0.5) is 4.79 Å². The first-order chi connectivity index (χ1) is 11.0. The molecule has 1 aromatic heterocycles. The van der Waals surface area contributed by atoms with Gasteiger partial charge in [0.2, 0.25) is 0 Å². The second-order valence-corrected chi connectivity index (χ2v) is 8.16. The van der Waals surface area contributed by atoms with Crippen LogP contribution in [0, 0.1) is 19.8 Å². The smallest absolute Gasteiger partial charge is 0.317 e. The van der Waals surface area contributed by atoms with Crippen LogP contribution in [0.5, 0.6) is 0 Å². The molecule has 6 nitrogen and oxygen atoms in total. The third kappa shape index (κ3) is 4.00. The monoisotopic (exact) mass is 337 g/mol. The Kier molecular flexibility index (Phi) is 4.85. The number of thioether (sulfide) groups is 1. The summed E-state index contributed by atoms with van der Waals surface area (Å²) in [4.78, 5) is 18.8. The SMILES string of the molecule is CSC1(CNC(=O)N2CCC[C@H](Cn3nc(C)nc3C)C2)CC1. The molecule has 1 aliphatic carbocycles. The summed E-state index contributed by atoms with van der Waals surface area (Å²) >= 11 is 1.88. The number of rotatable bonds is 5. The van der Waals surface area contributed by atoms with E-state index in [1.165, 1.54) is 12.8 Å². The van der Waals surface area contributed by atoms with Crippen LogP contribution in [0.1, 0.15) is 37.3 Å². The second-order valence-electron chi connectivity index (χ2n) is 6.89. The molecule has 1 aromatic rings. The zero-order valence-electron chi connectivity index (χ0n) is 14.3. The van der Waals surface area contributed by atoms with Gasteiger partial charge in [0.15, 0.2) is 0 Å². The molecular formula is C16H27N5OS. The summed E-state index contributed by atoms with van der Waals surface area (Å²) in [6.07, 6.45) is 6.80. The van der Waals surface area contributed by atoms with E-state index < -0.39 is 0 Å². The fraction of sp³-hybridized carbons (Fsp3) is 0.812. The molecule has 0 bridgehead atoms. The second kappa shape index (κ2) is 6.71. The van der Waals surface area contributed by atoms with E-state index in [0.29, 0.717) is 10.7 Å². The number of nitrogens with one attached hydrogen (secondary N) is 1. The summed E-state index contributed by atoms with van der Waals surface area (Å²) in [6.45, 7) is 7.25.